The summed E-state index contributed by atoms with van der Waals surface area (Å²) in [5.41, 5.74) is 19.7. The lowest BCUT2D eigenvalue weighted by molar-refractivity contribution is -0.0108. The molecule has 1 aliphatic carbocycles. The summed E-state index contributed by atoms with van der Waals surface area (Å²) in [5.74, 6) is 1.65. The molecule has 4 aliphatic heterocycles. The zero-order valence-corrected chi connectivity index (χ0v) is 82.6. The second-order valence-corrected chi connectivity index (χ2v) is 39.5. The highest BCUT2D eigenvalue weighted by molar-refractivity contribution is 6.40. The molecule has 1 unspecified atom stereocenters. The number of carbonyl (C=O) groups is 4. The molecule has 0 radical (unpaired) electrons. The third-order valence-corrected chi connectivity index (χ3v) is 30.7. The van der Waals surface area contributed by atoms with Gasteiger partial charge in [-0.05, 0) is 269 Å². The number of rotatable bonds is 16. The Kier molecular flexibility index (Phi) is 31.1. The molecule has 17 rings (SSSR count). The van der Waals surface area contributed by atoms with E-state index in [0.717, 1.165) is 167 Å². The number of aliphatic hydroxyl groups excluding tert-OH is 1. The number of ether oxygens (including phenoxy) is 1. The number of aryl methyl sites for hydroxylation is 8. The molecule has 0 bridgehead atoms. The second-order valence-electron chi connectivity index (χ2n) is 36.3. The summed E-state index contributed by atoms with van der Waals surface area (Å²) in [5, 5.41) is 60.8. The highest BCUT2D eigenvalue weighted by Crippen LogP contribution is 2.43. The maximum Gasteiger partial charge on any atom is 0.255 e. The van der Waals surface area contributed by atoms with E-state index in [1.807, 2.05) is 121 Å². The Labute approximate surface area is 815 Å². The topological polar surface area (TPSA) is 295 Å². The highest BCUT2D eigenvalue weighted by Gasteiger charge is 2.37. The van der Waals surface area contributed by atoms with E-state index in [1.165, 1.54) is 19.3 Å². The number of methoxy groups -OCH3 is 1. The number of hydrogen-bond donors (Lipinski definition) is 2. The van der Waals surface area contributed by atoms with E-state index in [-0.39, 0.29) is 47.7 Å². The van der Waals surface area contributed by atoms with Gasteiger partial charge in [-0.15, -0.1) is 0 Å². The fourth-order valence-electron chi connectivity index (χ4n) is 19.0. The van der Waals surface area contributed by atoms with Crippen LogP contribution in [-0.4, -0.2) is 168 Å². The number of imidazole rings is 4. The van der Waals surface area contributed by atoms with Crippen LogP contribution < -0.4 is 0 Å². The molecule has 4 saturated heterocycles. The molecule has 2 N–H and O–H groups in total. The summed E-state index contributed by atoms with van der Waals surface area (Å²) in [7, 11) is 1.70. The standard InChI is InChI=1S/C27H28Cl2N4O.C26H28Cl2N4O2.C25H26Cl2N4O2.C24H24Cl2N4O2/c1-16-12-18(14-30)15-33-17(2)24(31-26(16)33)13-22-23(28)7-6-21(25(22)29)27(34)32-10-8-20(9-11-32)19-4-3-5-19;1-15-11-17(13-29)14-32-16(2)22(30-24(15)32)12-20-21(27)6-5-19(23(20)28)25(33)31-9-7-18(8-10-31)26(3,4)34;1-14-10-17(12-28)13-31-15(2)22(29-24(14)31)11-20-21(26)5-4-19(23(20)27)25(33)30-8-6-18(7-9-30)16(3)32;1-14-10-16(12-27)13-30-15(2)21(28-23(14)30)11-19-20(25)5-4-18(22(19)26)24(31)29-8-6-17(32-3)7-9-29/h6-7,12,15,19-20H,3-5,8-11,13H2,1-2H3;5-6,11,14,18,34H,7-10,12H2,1-4H3;4-5,10,13,16,18,32H,6-9,11H2,1-3H3;4-5,10,13,17H,6-9,11H2,1-3H3. The number of amides is 4. The Morgan fingerprint density at radius 1 is 0.406 bits per heavy atom. The summed E-state index contributed by atoms with van der Waals surface area (Å²) in [6.07, 6.45) is 19.4. The third-order valence-electron chi connectivity index (χ3n) is 27.5. The van der Waals surface area contributed by atoms with Crippen molar-refractivity contribution in [2.45, 2.75) is 190 Å². The Morgan fingerprint density at radius 2 is 0.654 bits per heavy atom. The number of likely N-dealkylation sites (tertiary alicyclic amines) is 4. The number of benzene rings is 4. The lowest BCUT2D eigenvalue weighted by Crippen LogP contribution is -2.44. The molecule has 692 valence electrons. The number of nitriles is 4. The maximum absolute atomic E-state index is 13.4. The average molecular weight is 1950 g/mol. The number of fused-ring (bicyclic) bond motifs is 4. The SMILES string of the molecule is COC1CCN(C(=O)c2ccc(Cl)c(Cc3nc4c(C)cc(C#N)cn4c3C)c2Cl)CC1.Cc1cc(C#N)cn2c(C)c(Cc3c(Cl)ccc(C(=O)N4CCC(C(C)(C)O)CC4)c3Cl)nc12.Cc1cc(C#N)cn2c(C)c(Cc3c(Cl)ccc(C(=O)N4CCC(C(C)O)CC4)c3Cl)nc12.Cc1cc(C#N)cn2c(C)c(Cc3c(Cl)ccc(C(=O)N4CCC(C5CCC5)CC4)c3Cl)nc12. The molecule has 31 heteroatoms. The van der Waals surface area contributed by atoms with Crippen molar-refractivity contribution in [2.75, 3.05) is 59.5 Å². The van der Waals surface area contributed by atoms with E-state index in [9.17, 15) is 50.4 Å². The van der Waals surface area contributed by atoms with Crippen molar-refractivity contribution >= 4 is 139 Å². The lowest BCUT2D eigenvalue weighted by atomic mass is 9.72. The van der Waals surface area contributed by atoms with Gasteiger partial charge in [0.25, 0.3) is 23.6 Å². The van der Waals surface area contributed by atoms with Crippen LogP contribution >= 0.6 is 92.8 Å². The predicted octanol–water partition coefficient (Wildman–Crippen LogP) is 21.6. The van der Waals surface area contributed by atoms with Crippen LogP contribution in [-0.2, 0) is 30.4 Å². The fourth-order valence-corrected chi connectivity index (χ4v) is 21.3. The van der Waals surface area contributed by atoms with E-state index in [4.69, 9.17) is 117 Å². The van der Waals surface area contributed by atoms with E-state index in [2.05, 4.69) is 24.3 Å². The molecule has 8 aromatic heterocycles. The van der Waals surface area contributed by atoms with Gasteiger partial charge in [-0.25, -0.2) is 19.9 Å². The van der Waals surface area contributed by atoms with Crippen LogP contribution in [0.1, 0.15) is 245 Å². The van der Waals surface area contributed by atoms with Crippen LogP contribution in [0.3, 0.4) is 0 Å². The van der Waals surface area contributed by atoms with Gasteiger partial charge >= 0.3 is 0 Å². The quantitative estimate of drug-likeness (QED) is 0.0909. The number of aromatic nitrogens is 8. The summed E-state index contributed by atoms with van der Waals surface area (Å²) in [6, 6.07) is 29.7. The van der Waals surface area contributed by atoms with Crippen molar-refractivity contribution in [3.05, 3.63) is 272 Å². The van der Waals surface area contributed by atoms with Gasteiger partial charge in [0.2, 0.25) is 0 Å². The van der Waals surface area contributed by atoms with Crippen LogP contribution in [0.15, 0.2) is 97.6 Å². The minimum absolute atomic E-state index is 0.0174. The first-order valence-electron chi connectivity index (χ1n) is 44.9. The molecule has 0 spiro atoms. The van der Waals surface area contributed by atoms with Gasteiger partial charge in [-0.3, -0.25) is 19.2 Å². The van der Waals surface area contributed by atoms with Gasteiger partial charge in [0.15, 0.2) is 0 Å². The first-order chi connectivity index (χ1) is 63.4. The van der Waals surface area contributed by atoms with Crippen molar-refractivity contribution in [2.24, 2.45) is 23.7 Å². The van der Waals surface area contributed by atoms with Gasteiger partial charge in [-0.1, -0.05) is 112 Å². The predicted molar refractivity (Wildman–Crippen MR) is 522 cm³/mol. The van der Waals surface area contributed by atoms with Gasteiger partial charge in [0, 0.05) is 153 Å². The molecule has 133 heavy (non-hydrogen) atoms. The van der Waals surface area contributed by atoms with Crippen molar-refractivity contribution in [3.8, 4) is 24.3 Å². The van der Waals surface area contributed by atoms with Crippen molar-refractivity contribution in [1.82, 2.24) is 57.1 Å². The molecular weight excluding hydrogens is 1840 g/mol. The van der Waals surface area contributed by atoms with E-state index >= 15 is 0 Å². The van der Waals surface area contributed by atoms with E-state index in [1.54, 1.807) is 97.2 Å². The van der Waals surface area contributed by atoms with E-state index < -0.39 is 5.60 Å². The molecule has 4 aromatic carbocycles. The van der Waals surface area contributed by atoms with Gasteiger partial charge in [0.1, 0.15) is 46.9 Å². The maximum atomic E-state index is 13.4. The Morgan fingerprint density at radius 3 is 0.887 bits per heavy atom. The number of piperidine rings is 4. The zero-order chi connectivity index (χ0) is 95.6. The monoisotopic (exact) mass is 1950 g/mol. The largest absolute Gasteiger partial charge is 0.393 e. The van der Waals surface area contributed by atoms with Crippen molar-refractivity contribution in [3.63, 3.8) is 0 Å². The Hall–Kier alpha value is -10.3. The number of nitrogens with zero attached hydrogens (tertiary/aromatic N) is 16. The molecule has 12 aromatic rings. The molecule has 12 heterocycles. The molecule has 5 fully saturated rings. The lowest BCUT2D eigenvalue weighted by Gasteiger charge is -2.40. The number of halogens is 8. The van der Waals surface area contributed by atoms with Crippen LogP contribution in [0.2, 0.25) is 40.2 Å². The van der Waals surface area contributed by atoms with Crippen molar-refractivity contribution in [1.29, 1.82) is 21.0 Å². The first-order valence-corrected chi connectivity index (χ1v) is 48.0. The normalized spacial score (nSPS) is 15.6. The molecule has 1 atom stereocenters. The van der Waals surface area contributed by atoms with Gasteiger partial charge in [-0.2, -0.15) is 21.0 Å². The third kappa shape index (κ3) is 21.1. The first kappa shape index (κ1) is 98.7. The highest BCUT2D eigenvalue weighted by atomic mass is 35.5. The molecule has 5 aliphatic rings. The number of pyridine rings is 4. The van der Waals surface area contributed by atoms with Crippen molar-refractivity contribution < 1.29 is 34.1 Å². The fraction of sp³-hybridized carbons (Fsp3) is 0.412. The zero-order valence-electron chi connectivity index (χ0n) is 76.6. The molecule has 1 saturated carbocycles. The Bertz CT molecular complexity index is 6720. The Balaban J connectivity index is 0.000000143. The number of aliphatic hydroxyl groups is 2. The number of carbonyl (C=O) groups excluding carboxylic acids is 4. The minimum atomic E-state index is -0.751. The van der Waals surface area contributed by atoms with E-state index in [0.29, 0.717) is 172 Å². The molecular formula is C102H106Cl8N16O7. The van der Waals surface area contributed by atoms with Crippen LogP contribution in [0.5, 0.6) is 0 Å². The summed E-state index contributed by atoms with van der Waals surface area (Å²) in [6.45, 7) is 26.2. The average Bonchev–Trinajstić information content (AvgIpc) is 1.64. The summed E-state index contributed by atoms with van der Waals surface area (Å²) >= 11 is 53.1. The molecule has 4 amide bonds. The molecule has 23 nitrogen and oxygen atoms in total. The number of hydrogen-bond acceptors (Lipinski definition) is 15. The smallest absolute Gasteiger partial charge is 0.255 e. The van der Waals surface area contributed by atoms with Crippen LogP contribution in [0.4, 0.5) is 0 Å². The van der Waals surface area contributed by atoms with Gasteiger partial charge < -0.3 is 52.2 Å². The van der Waals surface area contributed by atoms with Gasteiger partial charge in [0.05, 0.1) is 105 Å². The second kappa shape index (κ2) is 41.9. The van der Waals surface area contributed by atoms with Crippen LogP contribution in [0.25, 0.3) is 22.6 Å². The van der Waals surface area contributed by atoms with Crippen LogP contribution in [0, 0.1) is 124 Å². The minimum Gasteiger partial charge on any atom is -0.393 e. The summed E-state index contributed by atoms with van der Waals surface area (Å²) in [4.78, 5) is 79.5. The summed E-state index contributed by atoms with van der Waals surface area (Å²) < 4.78 is 13.1.